The predicted molar refractivity (Wildman–Crippen MR) is 44.8 cm³/mol. The van der Waals surface area contributed by atoms with Gasteiger partial charge in [0.2, 0.25) is 5.91 Å². The lowest BCUT2D eigenvalue weighted by Gasteiger charge is -2.10. The fourth-order valence-electron chi connectivity index (χ4n) is 0.801. The van der Waals surface area contributed by atoms with E-state index in [-0.39, 0.29) is 18.3 Å². The second-order valence-electron chi connectivity index (χ2n) is 2.54. The fourth-order valence-corrected chi connectivity index (χ4v) is 0.801. The van der Waals surface area contributed by atoms with E-state index in [0.717, 1.165) is 0 Å². The molecule has 0 radical (unpaired) electrons. The molecule has 0 heterocycles. The zero-order valence-corrected chi connectivity index (χ0v) is 7.72. The summed E-state index contributed by atoms with van der Waals surface area (Å²) in [5.74, 6) is -0.230. The number of hydrogen-bond acceptors (Lipinski definition) is 3. The standard InChI is InChI=1S/C8H15NO3/c1-4-7(10)6(2)9-8(11)5-12-3/h6H,4-5H2,1-3H3,(H,9,11). The predicted octanol–water partition coefficient (Wildman–Crippen LogP) is 0.117. The average Bonchev–Trinajstić information content (AvgIpc) is 2.03. The highest BCUT2D eigenvalue weighted by molar-refractivity contribution is 5.88. The number of Topliss-reactive ketones (excluding diaryl/α,β-unsaturated/α-hetero) is 1. The van der Waals surface area contributed by atoms with Gasteiger partial charge in [0.05, 0.1) is 6.04 Å². The Bertz CT molecular complexity index is 168. The van der Waals surface area contributed by atoms with Crippen LogP contribution < -0.4 is 5.32 Å². The second kappa shape index (κ2) is 5.71. The summed E-state index contributed by atoms with van der Waals surface area (Å²) in [6.45, 7) is 3.43. The van der Waals surface area contributed by atoms with E-state index >= 15 is 0 Å². The Labute approximate surface area is 72.3 Å². The van der Waals surface area contributed by atoms with Crippen molar-refractivity contribution in [1.29, 1.82) is 0 Å². The average molecular weight is 173 g/mol. The van der Waals surface area contributed by atoms with Crippen molar-refractivity contribution in [2.24, 2.45) is 0 Å². The van der Waals surface area contributed by atoms with E-state index in [9.17, 15) is 9.59 Å². The molecule has 0 aromatic carbocycles. The molecule has 0 aliphatic rings. The van der Waals surface area contributed by atoms with Crippen LogP contribution in [0.25, 0.3) is 0 Å². The molecule has 0 saturated heterocycles. The second-order valence-corrected chi connectivity index (χ2v) is 2.54. The maximum atomic E-state index is 11.0. The van der Waals surface area contributed by atoms with Crippen molar-refractivity contribution >= 4 is 11.7 Å². The van der Waals surface area contributed by atoms with E-state index in [2.05, 4.69) is 10.1 Å². The van der Waals surface area contributed by atoms with Crippen molar-refractivity contribution < 1.29 is 14.3 Å². The topological polar surface area (TPSA) is 55.4 Å². The Balaban J connectivity index is 3.75. The van der Waals surface area contributed by atoms with E-state index in [1.165, 1.54) is 7.11 Å². The van der Waals surface area contributed by atoms with E-state index in [1.807, 2.05) is 0 Å². The van der Waals surface area contributed by atoms with Gasteiger partial charge < -0.3 is 10.1 Å². The number of amides is 1. The Kier molecular flexibility index (Phi) is 5.28. The van der Waals surface area contributed by atoms with Crippen molar-refractivity contribution in [2.45, 2.75) is 26.3 Å². The lowest BCUT2D eigenvalue weighted by atomic mass is 10.2. The molecule has 0 aromatic heterocycles. The minimum atomic E-state index is -0.405. The van der Waals surface area contributed by atoms with Crippen LogP contribution >= 0.6 is 0 Å². The van der Waals surface area contributed by atoms with E-state index in [1.54, 1.807) is 13.8 Å². The van der Waals surface area contributed by atoms with Gasteiger partial charge in [-0.1, -0.05) is 6.92 Å². The summed E-state index contributed by atoms with van der Waals surface area (Å²) in [6, 6.07) is -0.405. The van der Waals surface area contributed by atoms with Crippen LogP contribution in [-0.2, 0) is 14.3 Å². The van der Waals surface area contributed by atoms with E-state index in [4.69, 9.17) is 0 Å². The van der Waals surface area contributed by atoms with Crippen LogP contribution in [0, 0.1) is 0 Å². The summed E-state index contributed by atoms with van der Waals surface area (Å²) >= 11 is 0. The van der Waals surface area contributed by atoms with Crippen LogP contribution in [0.15, 0.2) is 0 Å². The summed E-state index contributed by atoms with van der Waals surface area (Å²) in [7, 11) is 1.44. The molecule has 0 fully saturated rings. The third-order valence-electron chi connectivity index (χ3n) is 1.48. The first kappa shape index (κ1) is 11.1. The van der Waals surface area contributed by atoms with Crippen LogP contribution in [0.3, 0.4) is 0 Å². The van der Waals surface area contributed by atoms with Crippen molar-refractivity contribution in [3.05, 3.63) is 0 Å². The van der Waals surface area contributed by atoms with Gasteiger partial charge in [-0.2, -0.15) is 0 Å². The first-order valence-electron chi connectivity index (χ1n) is 3.92. The third-order valence-corrected chi connectivity index (χ3v) is 1.48. The molecule has 12 heavy (non-hydrogen) atoms. The quantitative estimate of drug-likeness (QED) is 0.642. The summed E-state index contributed by atoms with van der Waals surface area (Å²) < 4.78 is 4.59. The highest BCUT2D eigenvalue weighted by atomic mass is 16.5. The smallest absolute Gasteiger partial charge is 0.246 e. The molecule has 0 saturated carbocycles. The maximum absolute atomic E-state index is 11.0. The highest BCUT2D eigenvalue weighted by Gasteiger charge is 2.12. The first-order chi connectivity index (χ1) is 5.61. The Hall–Kier alpha value is -0.900. The maximum Gasteiger partial charge on any atom is 0.246 e. The normalized spacial score (nSPS) is 12.2. The number of methoxy groups -OCH3 is 1. The van der Waals surface area contributed by atoms with Gasteiger partial charge in [0.1, 0.15) is 6.61 Å². The van der Waals surface area contributed by atoms with Crippen molar-refractivity contribution in [3.63, 3.8) is 0 Å². The molecule has 0 spiro atoms. The molecule has 0 aromatic rings. The number of ketones is 1. The Morgan fingerprint density at radius 2 is 2.08 bits per heavy atom. The zero-order valence-electron chi connectivity index (χ0n) is 7.72. The van der Waals surface area contributed by atoms with Crippen LogP contribution in [0.1, 0.15) is 20.3 Å². The molecule has 0 rings (SSSR count). The van der Waals surface area contributed by atoms with Crippen LogP contribution in [0.4, 0.5) is 0 Å². The molecule has 70 valence electrons. The first-order valence-corrected chi connectivity index (χ1v) is 3.92. The summed E-state index contributed by atoms with van der Waals surface area (Å²) in [5.41, 5.74) is 0. The molecule has 4 nitrogen and oxygen atoms in total. The van der Waals surface area contributed by atoms with Gasteiger partial charge in [-0.15, -0.1) is 0 Å². The lowest BCUT2D eigenvalue weighted by Crippen LogP contribution is -2.39. The van der Waals surface area contributed by atoms with Gasteiger partial charge >= 0.3 is 0 Å². The van der Waals surface area contributed by atoms with Gasteiger partial charge in [0.15, 0.2) is 5.78 Å². The van der Waals surface area contributed by atoms with Crippen LogP contribution in [0.2, 0.25) is 0 Å². The number of carbonyl (C=O) groups is 2. The molecule has 1 atom stereocenters. The molecule has 1 unspecified atom stereocenters. The third kappa shape index (κ3) is 4.08. The Morgan fingerprint density at radius 1 is 1.50 bits per heavy atom. The largest absolute Gasteiger partial charge is 0.375 e. The minimum absolute atomic E-state index is 0.00132. The number of nitrogens with one attached hydrogen (secondary N) is 1. The number of hydrogen-bond donors (Lipinski definition) is 1. The molecule has 0 aliphatic carbocycles. The van der Waals surface area contributed by atoms with E-state index < -0.39 is 6.04 Å². The van der Waals surface area contributed by atoms with Crippen LogP contribution in [-0.4, -0.2) is 31.4 Å². The SMILES string of the molecule is CCC(=O)C(C)NC(=O)COC. The summed E-state index contributed by atoms with van der Waals surface area (Å²) in [6.07, 6.45) is 0.439. The van der Waals surface area contributed by atoms with Crippen molar-refractivity contribution in [2.75, 3.05) is 13.7 Å². The van der Waals surface area contributed by atoms with Gasteiger partial charge in [-0.25, -0.2) is 0 Å². The minimum Gasteiger partial charge on any atom is -0.375 e. The fraction of sp³-hybridized carbons (Fsp3) is 0.750. The zero-order chi connectivity index (χ0) is 9.56. The van der Waals surface area contributed by atoms with E-state index in [0.29, 0.717) is 6.42 Å². The number of ether oxygens (including phenoxy) is 1. The lowest BCUT2D eigenvalue weighted by molar-refractivity contribution is -0.129. The van der Waals surface area contributed by atoms with Gasteiger partial charge in [0.25, 0.3) is 0 Å². The highest BCUT2D eigenvalue weighted by Crippen LogP contribution is 1.89. The molecule has 4 heteroatoms. The molecular formula is C8H15NO3. The number of carbonyl (C=O) groups excluding carboxylic acids is 2. The number of rotatable bonds is 5. The molecule has 0 bridgehead atoms. The van der Waals surface area contributed by atoms with Crippen molar-refractivity contribution in [3.8, 4) is 0 Å². The molecule has 0 aliphatic heterocycles. The monoisotopic (exact) mass is 173 g/mol. The van der Waals surface area contributed by atoms with Crippen molar-refractivity contribution in [1.82, 2.24) is 5.32 Å². The summed E-state index contributed by atoms with van der Waals surface area (Å²) in [4.78, 5) is 21.9. The van der Waals surface area contributed by atoms with Crippen LogP contribution in [0.5, 0.6) is 0 Å². The molecular weight excluding hydrogens is 158 g/mol. The van der Waals surface area contributed by atoms with Gasteiger partial charge in [-0.05, 0) is 6.92 Å². The Morgan fingerprint density at radius 3 is 2.50 bits per heavy atom. The molecule has 1 N–H and O–H groups in total. The van der Waals surface area contributed by atoms with Gasteiger partial charge in [-0.3, -0.25) is 9.59 Å². The van der Waals surface area contributed by atoms with Gasteiger partial charge in [0, 0.05) is 13.5 Å². The molecule has 1 amide bonds. The summed E-state index contributed by atoms with van der Waals surface area (Å²) in [5, 5.41) is 2.52.